The number of hydroxylamine groups is 1. The van der Waals surface area contributed by atoms with E-state index >= 15 is 0 Å². The molecule has 0 aromatic carbocycles. The van der Waals surface area contributed by atoms with Crippen LogP contribution in [0, 0.1) is 0 Å². The summed E-state index contributed by atoms with van der Waals surface area (Å²) in [4.78, 5) is 16.4. The Morgan fingerprint density at radius 3 is 2.60 bits per heavy atom. The monoisotopic (exact) mass is 219 g/mol. The van der Waals surface area contributed by atoms with E-state index < -0.39 is 0 Å². The molecule has 0 fully saturated rings. The van der Waals surface area contributed by atoms with E-state index in [1.165, 1.54) is 7.11 Å². The van der Waals surface area contributed by atoms with Gasteiger partial charge in [-0.3, -0.25) is 9.63 Å². The zero-order valence-electron chi connectivity index (χ0n) is 9.75. The first-order valence-corrected chi connectivity index (χ1v) is 5.20. The number of esters is 1. The van der Waals surface area contributed by atoms with Gasteiger partial charge in [0.2, 0.25) is 0 Å². The van der Waals surface area contributed by atoms with Crippen molar-refractivity contribution in [1.29, 1.82) is 0 Å². The van der Waals surface area contributed by atoms with Crippen molar-refractivity contribution in [3.05, 3.63) is 0 Å². The van der Waals surface area contributed by atoms with Crippen LogP contribution in [-0.2, 0) is 19.1 Å². The Bertz CT molecular complexity index is 164. The molecule has 0 rings (SSSR count). The maximum Gasteiger partial charge on any atom is 0.325 e. The molecule has 0 aliphatic rings. The molecule has 1 N–H and O–H groups in total. The van der Waals surface area contributed by atoms with Crippen LogP contribution in [0.25, 0.3) is 0 Å². The van der Waals surface area contributed by atoms with Crippen molar-refractivity contribution in [2.75, 3.05) is 27.4 Å². The Balaban J connectivity index is 3.74. The maximum absolute atomic E-state index is 11.3. The largest absolute Gasteiger partial charge is 0.468 e. The number of hydrogen-bond acceptors (Lipinski definition) is 5. The van der Waals surface area contributed by atoms with Crippen LogP contribution in [0.15, 0.2) is 0 Å². The average molecular weight is 219 g/mol. The fourth-order valence-electron chi connectivity index (χ4n) is 1.06. The maximum atomic E-state index is 11.3. The predicted molar refractivity (Wildman–Crippen MR) is 56.3 cm³/mol. The van der Waals surface area contributed by atoms with Crippen molar-refractivity contribution in [3.63, 3.8) is 0 Å². The third kappa shape index (κ3) is 7.30. The van der Waals surface area contributed by atoms with Crippen LogP contribution in [0.2, 0.25) is 0 Å². The lowest BCUT2D eigenvalue weighted by molar-refractivity contribution is -0.148. The SMILES string of the molecule is CCCCC(NOCCOC)C(=O)OC. The lowest BCUT2D eigenvalue weighted by Gasteiger charge is -2.15. The minimum atomic E-state index is -0.383. The molecule has 0 radical (unpaired) electrons. The third-order valence-electron chi connectivity index (χ3n) is 1.95. The average Bonchev–Trinajstić information content (AvgIpc) is 2.27. The van der Waals surface area contributed by atoms with Gasteiger partial charge in [-0.15, -0.1) is 0 Å². The molecule has 15 heavy (non-hydrogen) atoms. The molecule has 90 valence electrons. The second kappa shape index (κ2) is 9.89. The van der Waals surface area contributed by atoms with Gasteiger partial charge in [-0.1, -0.05) is 19.8 Å². The van der Waals surface area contributed by atoms with E-state index in [1.807, 2.05) is 0 Å². The van der Waals surface area contributed by atoms with Crippen molar-refractivity contribution >= 4 is 5.97 Å². The van der Waals surface area contributed by atoms with Crippen molar-refractivity contribution in [3.8, 4) is 0 Å². The van der Waals surface area contributed by atoms with Gasteiger partial charge in [0.05, 0.1) is 20.3 Å². The summed E-state index contributed by atoms with van der Waals surface area (Å²) in [5.41, 5.74) is 2.69. The van der Waals surface area contributed by atoms with E-state index in [0.29, 0.717) is 13.2 Å². The molecule has 1 unspecified atom stereocenters. The van der Waals surface area contributed by atoms with Gasteiger partial charge < -0.3 is 9.47 Å². The number of unbranched alkanes of at least 4 members (excludes halogenated alkanes) is 1. The van der Waals surface area contributed by atoms with Crippen molar-refractivity contribution in [1.82, 2.24) is 5.48 Å². The topological polar surface area (TPSA) is 56.8 Å². The van der Waals surface area contributed by atoms with Crippen LogP contribution in [0.1, 0.15) is 26.2 Å². The Hall–Kier alpha value is -0.650. The van der Waals surface area contributed by atoms with Crippen LogP contribution < -0.4 is 5.48 Å². The van der Waals surface area contributed by atoms with Crippen molar-refractivity contribution in [2.45, 2.75) is 32.2 Å². The highest BCUT2D eigenvalue weighted by Gasteiger charge is 2.17. The van der Waals surface area contributed by atoms with Gasteiger partial charge in [-0.25, -0.2) is 0 Å². The van der Waals surface area contributed by atoms with Crippen molar-refractivity contribution in [2.24, 2.45) is 0 Å². The third-order valence-corrected chi connectivity index (χ3v) is 1.95. The molecule has 0 aliphatic carbocycles. The molecular weight excluding hydrogens is 198 g/mol. The molecular formula is C10H21NO4. The molecule has 0 spiro atoms. The van der Waals surface area contributed by atoms with Gasteiger partial charge in [0.1, 0.15) is 6.04 Å². The smallest absolute Gasteiger partial charge is 0.325 e. The van der Waals surface area contributed by atoms with Gasteiger partial charge in [0.15, 0.2) is 0 Å². The molecule has 0 aromatic heterocycles. The van der Waals surface area contributed by atoms with Gasteiger partial charge in [-0.2, -0.15) is 5.48 Å². The summed E-state index contributed by atoms with van der Waals surface area (Å²) in [6.45, 7) is 2.98. The highest BCUT2D eigenvalue weighted by Crippen LogP contribution is 2.02. The summed E-state index contributed by atoms with van der Waals surface area (Å²) >= 11 is 0. The molecule has 0 saturated carbocycles. The minimum Gasteiger partial charge on any atom is -0.468 e. The fourth-order valence-corrected chi connectivity index (χ4v) is 1.06. The second-order valence-corrected chi connectivity index (χ2v) is 3.18. The normalized spacial score (nSPS) is 12.5. The fraction of sp³-hybridized carbons (Fsp3) is 0.900. The summed E-state index contributed by atoms with van der Waals surface area (Å²) in [6, 6.07) is -0.383. The number of nitrogens with one attached hydrogen (secondary N) is 1. The van der Waals surface area contributed by atoms with E-state index in [2.05, 4.69) is 17.1 Å². The number of methoxy groups -OCH3 is 2. The molecule has 0 aromatic rings. The Morgan fingerprint density at radius 2 is 2.07 bits per heavy atom. The Kier molecular flexibility index (Phi) is 9.46. The van der Waals surface area contributed by atoms with E-state index in [-0.39, 0.29) is 12.0 Å². The van der Waals surface area contributed by atoms with Gasteiger partial charge >= 0.3 is 5.97 Å². The molecule has 0 saturated heterocycles. The van der Waals surface area contributed by atoms with Crippen LogP contribution in [-0.4, -0.2) is 39.4 Å². The van der Waals surface area contributed by atoms with Gasteiger partial charge in [-0.05, 0) is 6.42 Å². The van der Waals surface area contributed by atoms with Crippen LogP contribution in [0.3, 0.4) is 0 Å². The van der Waals surface area contributed by atoms with E-state index in [0.717, 1.165) is 19.3 Å². The second-order valence-electron chi connectivity index (χ2n) is 3.18. The Labute approximate surface area is 91.0 Å². The summed E-state index contributed by atoms with van der Waals surface area (Å²) < 4.78 is 9.46. The standard InChI is InChI=1S/C10H21NO4/c1-4-5-6-9(10(12)14-3)11-15-8-7-13-2/h9,11H,4-8H2,1-3H3. The summed E-state index contributed by atoms with van der Waals surface area (Å²) in [5, 5.41) is 0. The first-order chi connectivity index (χ1) is 7.26. The minimum absolute atomic E-state index is 0.291. The summed E-state index contributed by atoms with van der Waals surface area (Å²) in [7, 11) is 2.97. The lowest BCUT2D eigenvalue weighted by Crippen LogP contribution is -2.38. The first-order valence-electron chi connectivity index (χ1n) is 5.20. The van der Waals surface area contributed by atoms with Crippen LogP contribution in [0.5, 0.6) is 0 Å². The van der Waals surface area contributed by atoms with Gasteiger partial charge in [0, 0.05) is 7.11 Å². The molecule has 0 aliphatic heterocycles. The number of rotatable bonds is 9. The van der Waals surface area contributed by atoms with Crippen LogP contribution in [0.4, 0.5) is 0 Å². The zero-order chi connectivity index (χ0) is 11.5. The summed E-state index contributed by atoms with van der Waals surface area (Å²) in [5.74, 6) is -0.291. The highest BCUT2D eigenvalue weighted by molar-refractivity contribution is 5.75. The molecule has 5 nitrogen and oxygen atoms in total. The highest BCUT2D eigenvalue weighted by atomic mass is 16.7. The molecule has 1 atom stereocenters. The number of carbonyl (C=O) groups excluding carboxylic acids is 1. The van der Waals surface area contributed by atoms with E-state index in [1.54, 1.807) is 7.11 Å². The van der Waals surface area contributed by atoms with Crippen LogP contribution >= 0.6 is 0 Å². The molecule has 5 heteroatoms. The lowest BCUT2D eigenvalue weighted by atomic mass is 10.1. The molecule has 0 heterocycles. The quantitative estimate of drug-likeness (QED) is 0.354. The zero-order valence-corrected chi connectivity index (χ0v) is 9.75. The van der Waals surface area contributed by atoms with E-state index in [4.69, 9.17) is 9.57 Å². The molecule has 0 bridgehead atoms. The number of ether oxygens (including phenoxy) is 2. The summed E-state index contributed by atoms with van der Waals surface area (Å²) in [6.07, 6.45) is 2.71. The molecule has 0 amide bonds. The first kappa shape index (κ1) is 14.3. The van der Waals surface area contributed by atoms with E-state index in [9.17, 15) is 4.79 Å². The van der Waals surface area contributed by atoms with Crippen molar-refractivity contribution < 1.29 is 19.1 Å². The number of hydrogen-bond donors (Lipinski definition) is 1. The Morgan fingerprint density at radius 1 is 1.33 bits per heavy atom. The predicted octanol–water partition coefficient (Wildman–Crippen LogP) is 0.886. The van der Waals surface area contributed by atoms with Gasteiger partial charge in [0.25, 0.3) is 0 Å². The number of carbonyl (C=O) groups is 1.